The van der Waals surface area contributed by atoms with Crippen LogP contribution in [0.3, 0.4) is 0 Å². The van der Waals surface area contributed by atoms with E-state index in [1.54, 1.807) is 18.5 Å². The van der Waals surface area contributed by atoms with Gasteiger partial charge in [0.1, 0.15) is 0 Å². The standard InChI is InChI=1S/C16H24N4O/c1-13(2)20(3)11-5-9-19-16(21)15-7-10-18-12-14(15)6-4-8-17/h7,10,12-13H,5,8-9,11,17H2,1-3H3,(H,19,21). The molecule has 0 saturated carbocycles. The molecular weight excluding hydrogens is 264 g/mol. The molecule has 1 aromatic rings. The molecule has 0 aliphatic heterocycles. The molecule has 0 aliphatic carbocycles. The zero-order valence-corrected chi connectivity index (χ0v) is 13.0. The molecule has 0 bridgehead atoms. The van der Waals surface area contributed by atoms with Crippen LogP contribution < -0.4 is 11.1 Å². The number of nitrogens with zero attached hydrogens (tertiary/aromatic N) is 2. The van der Waals surface area contributed by atoms with E-state index in [1.165, 1.54) is 0 Å². The van der Waals surface area contributed by atoms with Gasteiger partial charge in [0.05, 0.1) is 17.7 Å². The highest BCUT2D eigenvalue weighted by molar-refractivity contribution is 5.96. The molecule has 114 valence electrons. The number of rotatable bonds is 6. The molecule has 1 aromatic heterocycles. The van der Waals surface area contributed by atoms with Crippen molar-refractivity contribution in [3.8, 4) is 11.8 Å². The number of hydrogen-bond donors (Lipinski definition) is 2. The van der Waals surface area contributed by atoms with Crippen molar-refractivity contribution in [2.24, 2.45) is 5.73 Å². The highest BCUT2D eigenvalue weighted by Crippen LogP contribution is 2.05. The summed E-state index contributed by atoms with van der Waals surface area (Å²) in [5.74, 6) is 5.50. The van der Waals surface area contributed by atoms with Gasteiger partial charge in [-0.3, -0.25) is 9.78 Å². The Morgan fingerprint density at radius 2 is 2.29 bits per heavy atom. The monoisotopic (exact) mass is 288 g/mol. The van der Waals surface area contributed by atoms with E-state index >= 15 is 0 Å². The maximum Gasteiger partial charge on any atom is 0.252 e. The molecule has 1 rings (SSSR count). The Bertz CT molecular complexity index is 516. The average molecular weight is 288 g/mol. The van der Waals surface area contributed by atoms with E-state index in [2.05, 4.69) is 47.9 Å². The molecular formula is C16H24N4O. The zero-order valence-electron chi connectivity index (χ0n) is 13.0. The first kappa shape index (κ1) is 17.2. The number of carbonyl (C=O) groups is 1. The van der Waals surface area contributed by atoms with E-state index in [0.29, 0.717) is 23.7 Å². The first-order valence-corrected chi connectivity index (χ1v) is 7.17. The Hall–Kier alpha value is -1.90. The van der Waals surface area contributed by atoms with Crippen molar-refractivity contribution < 1.29 is 4.79 Å². The smallest absolute Gasteiger partial charge is 0.252 e. The van der Waals surface area contributed by atoms with Crippen LogP contribution in [-0.2, 0) is 0 Å². The molecule has 0 radical (unpaired) electrons. The molecule has 3 N–H and O–H groups in total. The first-order valence-electron chi connectivity index (χ1n) is 7.17. The van der Waals surface area contributed by atoms with Gasteiger partial charge < -0.3 is 16.0 Å². The summed E-state index contributed by atoms with van der Waals surface area (Å²) in [6, 6.07) is 2.19. The van der Waals surface area contributed by atoms with Crippen LogP contribution in [-0.4, -0.2) is 48.5 Å². The van der Waals surface area contributed by atoms with Crippen LogP contribution in [0.15, 0.2) is 18.5 Å². The van der Waals surface area contributed by atoms with Gasteiger partial charge in [-0.15, -0.1) is 0 Å². The van der Waals surface area contributed by atoms with Gasteiger partial charge in [-0.2, -0.15) is 0 Å². The lowest BCUT2D eigenvalue weighted by atomic mass is 10.1. The molecule has 5 nitrogen and oxygen atoms in total. The Morgan fingerprint density at radius 3 is 2.95 bits per heavy atom. The Labute approximate surface area is 126 Å². The minimum atomic E-state index is -0.120. The number of nitrogens with two attached hydrogens (primary N) is 1. The predicted octanol–water partition coefficient (Wildman–Crippen LogP) is 0.852. The summed E-state index contributed by atoms with van der Waals surface area (Å²) < 4.78 is 0. The van der Waals surface area contributed by atoms with Crippen LogP contribution in [0.1, 0.15) is 36.2 Å². The molecule has 5 heteroatoms. The molecule has 0 unspecified atom stereocenters. The molecule has 1 heterocycles. The summed E-state index contributed by atoms with van der Waals surface area (Å²) in [6.07, 6.45) is 4.09. The van der Waals surface area contributed by atoms with Crippen molar-refractivity contribution in [3.05, 3.63) is 29.6 Å². The van der Waals surface area contributed by atoms with E-state index in [9.17, 15) is 4.79 Å². The van der Waals surface area contributed by atoms with Crippen molar-refractivity contribution in [1.82, 2.24) is 15.2 Å². The second kappa shape index (κ2) is 9.11. The van der Waals surface area contributed by atoms with Gasteiger partial charge in [0.2, 0.25) is 0 Å². The van der Waals surface area contributed by atoms with Crippen molar-refractivity contribution in [3.63, 3.8) is 0 Å². The third kappa shape index (κ3) is 5.94. The van der Waals surface area contributed by atoms with Crippen molar-refractivity contribution in [1.29, 1.82) is 0 Å². The summed E-state index contributed by atoms with van der Waals surface area (Å²) in [5, 5.41) is 2.92. The summed E-state index contributed by atoms with van der Waals surface area (Å²) >= 11 is 0. The number of nitrogens with one attached hydrogen (secondary N) is 1. The lowest BCUT2D eigenvalue weighted by Gasteiger charge is -2.20. The Morgan fingerprint density at radius 1 is 1.52 bits per heavy atom. The van der Waals surface area contributed by atoms with Crippen molar-refractivity contribution >= 4 is 5.91 Å². The number of pyridine rings is 1. The van der Waals surface area contributed by atoms with Crippen LogP contribution >= 0.6 is 0 Å². The molecule has 0 fully saturated rings. The van der Waals surface area contributed by atoms with Gasteiger partial charge >= 0.3 is 0 Å². The number of aromatic nitrogens is 1. The summed E-state index contributed by atoms with van der Waals surface area (Å²) in [7, 11) is 2.08. The molecule has 21 heavy (non-hydrogen) atoms. The van der Waals surface area contributed by atoms with Gasteiger partial charge in [0, 0.05) is 25.0 Å². The van der Waals surface area contributed by atoms with Gasteiger partial charge in [0.15, 0.2) is 0 Å². The minimum Gasteiger partial charge on any atom is -0.352 e. The van der Waals surface area contributed by atoms with E-state index in [1.807, 2.05) is 0 Å². The van der Waals surface area contributed by atoms with Crippen LogP contribution in [0.5, 0.6) is 0 Å². The average Bonchev–Trinajstić information content (AvgIpc) is 2.49. The van der Waals surface area contributed by atoms with Crippen LogP contribution in [0.2, 0.25) is 0 Å². The van der Waals surface area contributed by atoms with E-state index < -0.39 is 0 Å². The van der Waals surface area contributed by atoms with Crippen molar-refractivity contribution in [2.45, 2.75) is 26.3 Å². The SMILES string of the molecule is CC(C)N(C)CCCNC(=O)c1ccncc1C#CCN. The molecule has 0 saturated heterocycles. The van der Waals surface area contributed by atoms with E-state index in [4.69, 9.17) is 5.73 Å². The van der Waals surface area contributed by atoms with Gasteiger partial charge in [-0.05, 0) is 39.9 Å². The maximum atomic E-state index is 12.2. The molecule has 0 aromatic carbocycles. The summed E-state index contributed by atoms with van der Waals surface area (Å²) in [6.45, 7) is 6.16. The fourth-order valence-electron chi connectivity index (χ4n) is 1.72. The van der Waals surface area contributed by atoms with E-state index in [-0.39, 0.29) is 12.5 Å². The lowest BCUT2D eigenvalue weighted by Crippen LogP contribution is -2.31. The number of hydrogen-bond acceptors (Lipinski definition) is 4. The number of carbonyl (C=O) groups excluding carboxylic acids is 1. The predicted molar refractivity (Wildman–Crippen MR) is 84.9 cm³/mol. The quantitative estimate of drug-likeness (QED) is 0.601. The molecule has 0 spiro atoms. The van der Waals surface area contributed by atoms with Crippen LogP contribution in [0, 0.1) is 11.8 Å². The second-order valence-corrected chi connectivity index (χ2v) is 5.11. The second-order valence-electron chi connectivity index (χ2n) is 5.11. The maximum absolute atomic E-state index is 12.2. The minimum absolute atomic E-state index is 0.120. The highest BCUT2D eigenvalue weighted by Gasteiger charge is 2.09. The summed E-state index contributed by atoms with van der Waals surface area (Å²) in [5.41, 5.74) is 6.51. The lowest BCUT2D eigenvalue weighted by molar-refractivity contribution is 0.0951. The van der Waals surface area contributed by atoms with E-state index in [0.717, 1.165) is 13.0 Å². The third-order valence-corrected chi connectivity index (χ3v) is 3.25. The highest BCUT2D eigenvalue weighted by atomic mass is 16.1. The summed E-state index contributed by atoms with van der Waals surface area (Å²) in [4.78, 5) is 18.4. The number of amides is 1. The van der Waals surface area contributed by atoms with Crippen molar-refractivity contribution in [2.75, 3.05) is 26.7 Å². The zero-order chi connectivity index (χ0) is 15.7. The Balaban J connectivity index is 2.53. The van der Waals surface area contributed by atoms with Crippen LogP contribution in [0.25, 0.3) is 0 Å². The molecule has 0 atom stereocenters. The third-order valence-electron chi connectivity index (χ3n) is 3.25. The largest absolute Gasteiger partial charge is 0.352 e. The first-order chi connectivity index (χ1) is 10.1. The van der Waals surface area contributed by atoms with Gasteiger partial charge in [0.25, 0.3) is 5.91 Å². The van der Waals surface area contributed by atoms with Gasteiger partial charge in [-0.25, -0.2) is 0 Å². The fraction of sp³-hybridized carbons (Fsp3) is 0.500. The molecule has 1 amide bonds. The fourth-order valence-corrected chi connectivity index (χ4v) is 1.72. The topological polar surface area (TPSA) is 71.2 Å². The normalized spacial score (nSPS) is 10.4. The Kier molecular flexibility index (Phi) is 7.44. The molecule has 0 aliphatic rings. The van der Waals surface area contributed by atoms with Gasteiger partial charge in [-0.1, -0.05) is 11.8 Å². The van der Waals surface area contributed by atoms with Crippen LogP contribution in [0.4, 0.5) is 0 Å².